The van der Waals surface area contributed by atoms with Gasteiger partial charge in [0.05, 0.1) is 26.1 Å². The van der Waals surface area contributed by atoms with Gasteiger partial charge in [-0.25, -0.2) is 0 Å². The quantitative estimate of drug-likeness (QED) is 0.798. The molecule has 0 spiro atoms. The Hall–Kier alpha value is -2.24. The van der Waals surface area contributed by atoms with Gasteiger partial charge in [-0.2, -0.15) is 0 Å². The van der Waals surface area contributed by atoms with Gasteiger partial charge in [0.25, 0.3) is 0 Å². The molecule has 6 nitrogen and oxygen atoms in total. The molecule has 1 aromatic rings. The van der Waals surface area contributed by atoms with Crippen molar-refractivity contribution in [2.45, 2.75) is 32.1 Å². The molecule has 2 atom stereocenters. The number of benzene rings is 1. The van der Waals surface area contributed by atoms with E-state index in [-0.39, 0.29) is 5.91 Å². The first-order chi connectivity index (χ1) is 11.6. The first kappa shape index (κ1) is 18.1. The van der Waals surface area contributed by atoms with Crippen LogP contribution in [0.15, 0.2) is 18.2 Å². The van der Waals surface area contributed by atoms with Gasteiger partial charge in [-0.05, 0) is 37.0 Å². The summed E-state index contributed by atoms with van der Waals surface area (Å²) in [5.74, 6) is -0.671. The van der Waals surface area contributed by atoms with Crippen molar-refractivity contribution in [2.75, 3.05) is 20.8 Å². The largest absolute Gasteiger partial charge is 0.493 e. The van der Waals surface area contributed by atoms with E-state index in [0.29, 0.717) is 37.3 Å². The molecule has 132 valence electrons. The molecule has 0 aliphatic heterocycles. The molecular weight excluding hydrogens is 310 g/mol. The fourth-order valence-corrected chi connectivity index (χ4v) is 3.24. The maximum atomic E-state index is 12.3. The number of ether oxygens (including phenoxy) is 2. The van der Waals surface area contributed by atoms with Crippen LogP contribution in [0, 0.1) is 11.8 Å². The molecule has 1 saturated carbocycles. The molecule has 1 fully saturated rings. The number of carbonyl (C=O) groups excluding carboxylic acids is 1. The Labute approximate surface area is 142 Å². The second kappa shape index (κ2) is 8.57. The number of carbonyl (C=O) groups is 2. The molecule has 1 aliphatic rings. The molecule has 0 radical (unpaired) electrons. The monoisotopic (exact) mass is 335 g/mol. The number of aliphatic carboxylic acids is 1. The number of carboxylic acids is 1. The lowest BCUT2D eigenvalue weighted by molar-refractivity contribution is -0.148. The number of amides is 1. The highest BCUT2D eigenvalue weighted by atomic mass is 16.5. The first-order valence-electron chi connectivity index (χ1n) is 8.28. The van der Waals surface area contributed by atoms with E-state index in [1.54, 1.807) is 14.2 Å². The summed E-state index contributed by atoms with van der Waals surface area (Å²) in [5, 5.41) is 12.1. The fourth-order valence-electron chi connectivity index (χ4n) is 3.24. The van der Waals surface area contributed by atoms with E-state index in [2.05, 4.69) is 5.32 Å². The number of hydrogen-bond donors (Lipinski definition) is 2. The van der Waals surface area contributed by atoms with E-state index in [1.807, 2.05) is 18.2 Å². The molecule has 2 rings (SSSR count). The zero-order chi connectivity index (χ0) is 17.5. The highest BCUT2D eigenvalue weighted by Crippen LogP contribution is 2.30. The van der Waals surface area contributed by atoms with Crippen molar-refractivity contribution < 1.29 is 24.2 Å². The molecule has 2 N–H and O–H groups in total. The summed E-state index contributed by atoms with van der Waals surface area (Å²) < 4.78 is 10.5. The van der Waals surface area contributed by atoms with Gasteiger partial charge in [-0.3, -0.25) is 9.59 Å². The fraction of sp³-hybridized carbons (Fsp3) is 0.556. The minimum atomic E-state index is -0.866. The van der Waals surface area contributed by atoms with Crippen LogP contribution in [0.25, 0.3) is 0 Å². The third-order valence-corrected chi connectivity index (χ3v) is 4.58. The average Bonchev–Trinajstić information content (AvgIpc) is 2.61. The molecule has 1 amide bonds. The van der Waals surface area contributed by atoms with E-state index in [1.165, 1.54) is 0 Å². The molecule has 24 heavy (non-hydrogen) atoms. The Morgan fingerprint density at radius 3 is 2.42 bits per heavy atom. The summed E-state index contributed by atoms with van der Waals surface area (Å²) in [6.45, 7) is 0.469. The van der Waals surface area contributed by atoms with E-state index in [9.17, 15) is 14.7 Å². The average molecular weight is 335 g/mol. The molecule has 0 heterocycles. The van der Waals surface area contributed by atoms with E-state index in [4.69, 9.17) is 9.47 Å². The van der Waals surface area contributed by atoms with Crippen LogP contribution >= 0.6 is 0 Å². The Kier molecular flexibility index (Phi) is 6.46. The second-order valence-electron chi connectivity index (χ2n) is 6.07. The lowest BCUT2D eigenvalue weighted by Crippen LogP contribution is -2.40. The van der Waals surface area contributed by atoms with Gasteiger partial charge in [0.1, 0.15) is 0 Å². The van der Waals surface area contributed by atoms with Crippen molar-refractivity contribution in [2.24, 2.45) is 11.8 Å². The third kappa shape index (κ3) is 4.40. The van der Waals surface area contributed by atoms with E-state index in [0.717, 1.165) is 18.4 Å². The topological polar surface area (TPSA) is 84.9 Å². The zero-order valence-corrected chi connectivity index (χ0v) is 14.2. The number of methoxy groups -OCH3 is 2. The highest BCUT2D eigenvalue weighted by molar-refractivity contribution is 5.84. The Bertz CT molecular complexity index is 587. The van der Waals surface area contributed by atoms with Crippen molar-refractivity contribution in [3.8, 4) is 11.5 Å². The van der Waals surface area contributed by atoms with E-state index < -0.39 is 17.8 Å². The Morgan fingerprint density at radius 1 is 1.12 bits per heavy atom. The molecule has 0 aromatic heterocycles. The smallest absolute Gasteiger partial charge is 0.307 e. The second-order valence-corrected chi connectivity index (χ2v) is 6.07. The number of nitrogens with one attached hydrogen (secondary N) is 1. The first-order valence-corrected chi connectivity index (χ1v) is 8.28. The van der Waals surface area contributed by atoms with Crippen LogP contribution in [0.2, 0.25) is 0 Å². The molecular formula is C18H25NO5. The van der Waals surface area contributed by atoms with Crippen molar-refractivity contribution in [3.63, 3.8) is 0 Å². The third-order valence-electron chi connectivity index (χ3n) is 4.58. The van der Waals surface area contributed by atoms with Gasteiger partial charge in [0.15, 0.2) is 11.5 Å². The lowest BCUT2D eigenvalue weighted by Gasteiger charge is -2.27. The summed E-state index contributed by atoms with van der Waals surface area (Å²) in [4.78, 5) is 23.6. The van der Waals surface area contributed by atoms with Crippen LogP contribution in [0.4, 0.5) is 0 Å². The molecule has 6 heteroatoms. The molecule has 1 aliphatic carbocycles. The van der Waals surface area contributed by atoms with Crippen LogP contribution in [-0.2, 0) is 16.0 Å². The van der Waals surface area contributed by atoms with Gasteiger partial charge < -0.3 is 19.9 Å². The van der Waals surface area contributed by atoms with Gasteiger partial charge in [-0.1, -0.05) is 18.9 Å². The van der Waals surface area contributed by atoms with E-state index >= 15 is 0 Å². The SMILES string of the molecule is COc1ccc(CCNC(=O)[C@@H]2CCCC[C@H]2C(=O)O)cc1OC. The normalized spacial score (nSPS) is 20.2. The predicted octanol–water partition coefficient (Wildman–Crippen LogP) is 2.25. The molecule has 0 unspecified atom stereocenters. The number of carboxylic acid groups (broad SMARTS) is 1. The minimum absolute atomic E-state index is 0.150. The van der Waals surface area contributed by atoms with Crippen molar-refractivity contribution >= 4 is 11.9 Å². The number of rotatable bonds is 7. The van der Waals surface area contributed by atoms with Crippen molar-refractivity contribution in [1.82, 2.24) is 5.32 Å². The maximum absolute atomic E-state index is 12.3. The van der Waals surface area contributed by atoms with Gasteiger partial charge in [0.2, 0.25) is 5.91 Å². The van der Waals surface area contributed by atoms with Gasteiger partial charge in [0, 0.05) is 6.54 Å². The van der Waals surface area contributed by atoms with Crippen molar-refractivity contribution in [3.05, 3.63) is 23.8 Å². The minimum Gasteiger partial charge on any atom is -0.493 e. The van der Waals surface area contributed by atoms with Crippen LogP contribution in [0.1, 0.15) is 31.2 Å². The van der Waals surface area contributed by atoms with Gasteiger partial charge in [-0.15, -0.1) is 0 Å². The predicted molar refractivity (Wildman–Crippen MR) is 89.3 cm³/mol. The standard InChI is InChI=1S/C18H25NO5/c1-23-15-8-7-12(11-16(15)24-2)9-10-19-17(20)13-5-3-4-6-14(13)18(21)22/h7-8,11,13-14H,3-6,9-10H2,1-2H3,(H,19,20)(H,21,22)/t13-,14-/m1/s1. The van der Waals surface area contributed by atoms with Gasteiger partial charge >= 0.3 is 5.97 Å². The Balaban J connectivity index is 1.89. The molecule has 0 bridgehead atoms. The summed E-state index contributed by atoms with van der Waals surface area (Å²) in [6, 6.07) is 5.64. The lowest BCUT2D eigenvalue weighted by atomic mass is 9.78. The zero-order valence-electron chi connectivity index (χ0n) is 14.2. The molecule has 0 saturated heterocycles. The summed E-state index contributed by atoms with van der Waals surface area (Å²) in [5.41, 5.74) is 1.02. The highest BCUT2D eigenvalue weighted by Gasteiger charge is 2.35. The van der Waals surface area contributed by atoms with Crippen LogP contribution in [-0.4, -0.2) is 37.7 Å². The van der Waals surface area contributed by atoms with Crippen LogP contribution < -0.4 is 14.8 Å². The summed E-state index contributed by atoms with van der Waals surface area (Å²) in [6.07, 6.45) is 3.68. The summed E-state index contributed by atoms with van der Waals surface area (Å²) >= 11 is 0. The molecule has 1 aromatic carbocycles. The summed E-state index contributed by atoms with van der Waals surface area (Å²) in [7, 11) is 3.17. The number of hydrogen-bond acceptors (Lipinski definition) is 4. The Morgan fingerprint density at radius 2 is 1.79 bits per heavy atom. The maximum Gasteiger partial charge on any atom is 0.307 e. The van der Waals surface area contributed by atoms with Crippen LogP contribution in [0.5, 0.6) is 11.5 Å². The van der Waals surface area contributed by atoms with Crippen molar-refractivity contribution in [1.29, 1.82) is 0 Å². The van der Waals surface area contributed by atoms with Crippen LogP contribution in [0.3, 0.4) is 0 Å².